The zero-order chi connectivity index (χ0) is 19.8. The second-order valence-electron chi connectivity index (χ2n) is 5.37. The number of rotatable bonds is 5. The molecule has 0 aliphatic heterocycles. The third-order valence-corrected chi connectivity index (χ3v) is 3.49. The molecule has 0 atom stereocenters. The van der Waals surface area contributed by atoms with E-state index >= 15 is 0 Å². The number of esters is 1. The molecule has 0 N–H and O–H groups in total. The van der Waals surface area contributed by atoms with Gasteiger partial charge in [-0.3, -0.25) is 4.98 Å². The Morgan fingerprint density at radius 1 is 1.04 bits per heavy atom. The van der Waals surface area contributed by atoms with Gasteiger partial charge in [-0.05, 0) is 42.8 Å². The number of aromatic nitrogens is 1. The number of hydrogen-bond donors (Lipinski definition) is 0. The van der Waals surface area contributed by atoms with E-state index in [1.54, 1.807) is 31.2 Å². The van der Waals surface area contributed by atoms with Gasteiger partial charge < -0.3 is 9.47 Å². The summed E-state index contributed by atoms with van der Waals surface area (Å²) in [4.78, 5) is 15.9. The normalized spacial score (nSPS) is 10.1. The first-order chi connectivity index (χ1) is 13.0. The van der Waals surface area contributed by atoms with Gasteiger partial charge in [-0.15, -0.1) is 0 Å². The summed E-state index contributed by atoms with van der Waals surface area (Å²) in [5, 5.41) is 0.759. The fourth-order valence-corrected chi connectivity index (χ4v) is 2.38. The van der Waals surface area contributed by atoms with Crippen molar-refractivity contribution in [1.29, 1.82) is 0 Å². The zero-order valence-corrected chi connectivity index (χ0v) is 15.5. The maximum absolute atomic E-state index is 13.2. The maximum Gasteiger partial charge on any atom is 0.339 e. The van der Waals surface area contributed by atoms with Gasteiger partial charge in [0.15, 0.2) is 0 Å². The lowest BCUT2D eigenvalue weighted by molar-refractivity contribution is 0.0526. The molecule has 0 unspecified atom stereocenters. The lowest BCUT2D eigenvalue weighted by Gasteiger charge is -2.08. The summed E-state index contributed by atoms with van der Waals surface area (Å²) in [5.74, 6) is -1.21. The monoisotopic (exact) mass is 373 g/mol. The molecule has 2 aromatic carbocycles. The molecule has 0 saturated heterocycles. The van der Waals surface area contributed by atoms with E-state index in [2.05, 4.69) is 4.98 Å². The summed E-state index contributed by atoms with van der Waals surface area (Å²) >= 11 is 0. The van der Waals surface area contributed by atoms with Crippen molar-refractivity contribution in [2.24, 2.45) is 0 Å². The van der Waals surface area contributed by atoms with Crippen LogP contribution in [0.4, 0.5) is 8.78 Å². The van der Waals surface area contributed by atoms with Gasteiger partial charge in [0.1, 0.15) is 24.0 Å². The predicted octanol–water partition coefficient (Wildman–Crippen LogP) is 5.29. The minimum absolute atomic E-state index is 0.0289. The molecule has 3 rings (SSSR count). The van der Waals surface area contributed by atoms with Crippen LogP contribution in [0.25, 0.3) is 10.9 Å². The number of carbonyl (C=O) groups excluding carboxylic acids is 1. The fourth-order valence-electron chi connectivity index (χ4n) is 2.38. The molecule has 0 amide bonds. The molecule has 0 spiro atoms. The highest BCUT2D eigenvalue weighted by molar-refractivity contribution is 5.93. The van der Waals surface area contributed by atoms with Gasteiger partial charge in [0.05, 0.1) is 17.7 Å². The molecule has 142 valence electrons. The van der Waals surface area contributed by atoms with Crippen molar-refractivity contribution in [3.8, 4) is 5.75 Å². The van der Waals surface area contributed by atoms with Crippen molar-refractivity contribution in [2.45, 2.75) is 27.4 Å². The number of carbonyl (C=O) groups is 1. The van der Waals surface area contributed by atoms with E-state index in [0.29, 0.717) is 29.0 Å². The number of fused-ring (bicyclic) bond motifs is 1. The van der Waals surface area contributed by atoms with Gasteiger partial charge in [0.2, 0.25) is 0 Å². The van der Waals surface area contributed by atoms with Gasteiger partial charge >= 0.3 is 5.97 Å². The highest BCUT2D eigenvalue weighted by Gasteiger charge is 2.09. The average Bonchev–Trinajstić information content (AvgIpc) is 2.67. The van der Waals surface area contributed by atoms with Gasteiger partial charge in [0, 0.05) is 23.7 Å². The molecular formula is C21H21F2NO3. The minimum Gasteiger partial charge on any atom is -0.489 e. The first kappa shape index (κ1) is 20.3. The van der Waals surface area contributed by atoms with E-state index in [1.165, 1.54) is 18.3 Å². The molecular weight excluding hydrogens is 352 g/mol. The number of nitrogens with zero attached hydrogens (tertiary/aromatic N) is 1. The summed E-state index contributed by atoms with van der Waals surface area (Å²) < 4.78 is 36.9. The lowest BCUT2D eigenvalue weighted by Crippen LogP contribution is -2.05. The second-order valence-corrected chi connectivity index (χ2v) is 5.37. The van der Waals surface area contributed by atoms with Gasteiger partial charge in [0.25, 0.3) is 0 Å². The quantitative estimate of drug-likeness (QED) is 0.570. The van der Waals surface area contributed by atoms with Crippen molar-refractivity contribution in [3.05, 3.63) is 71.4 Å². The summed E-state index contributed by atoms with van der Waals surface area (Å²) in [6, 6.07) is 10.1. The standard InChI is InChI=1S/C19H15F2NO3.C2H6/c1-2-24-19(23)14-7-13-3-4-17(9-18(13)22-10-14)25-11-12-5-15(20)8-16(21)6-12;1-2/h3-10H,2,11H2,1H3;1-2H3. The number of pyridine rings is 1. The molecule has 3 aromatic rings. The third kappa shape index (κ3) is 5.48. The van der Waals surface area contributed by atoms with Crippen molar-refractivity contribution in [2.75, 3.05) is 6.61 Å². The topological polar surface area (TPSA) is 48.4 Å². The molecule has 27 heavy (non-hydrogen) atoms. The highest BCUT2D eigenvalue weighted by atomic mass is 19.1. The molecule has 0 aliphatic rings. The SMILES string of the molecule is CC.CCOC(=O)c1cnc2cc(OCc3cc(F)cc(F)c3)ccc2c1. The molecule has 4 nitrogen and oxygen atoms in total. The van der Waals surface area contributed by atoms with Gasteiger partial charge in [-0.25, -0.2) is 13.6 Å². The number of hydrogen-bond acceptors (Lipinski definition) is 4. The van der Waals surface area contributed by atoms with Crippen molar-refractivity contribution in [1.82, 2.24) is 4.98 Å². The average molecular weight is 373 g/mol. The fraction of sp³-hybridized carbons (Fsp3) is 0.238. The second kappa shape index (κ2) is 9.62. The Morgan fingerprint density at radius 3 is 2.41 bits per heavy atom. The van der Waals surface area contributed by atoms with Crippen LogP contribution in [0.2, 0.25) is 0 Å². The molecule has 0 aliphatic carbocycles. The van der Waals surface area contributed by atoms with E-state index in [9.17, 15) is 13.6 Å². The van der Waals surface area contributed by atoms with Crippen molar-refractivity contribution < 1.29 is 23.0 Å². The number of benzene rings is 2. The van der Waals surface area contributed by atoms with E-state index in [-0.39, 0.29) is 6.61 Å². The van der Waals surface area contributed by atoms with Crippen molar-refractivity contribution >= 4 is 16.9 Å². The molecule has 0 bridgehead atoms. The summed E-state index contributed by atoms with van der Waals surface area (Å²) in [6.07, 6.45) is 1.44. The smallest absolute Gasteiger partial charge is 0.339 e. The molecule has 0 radical (unpaired) electrons. The minimum atomic E-state index is -0.648. The Balaban J connectivity index is 0.00000126. The van der Waals surface area contributed by atoms with Crippen LogP contribution in [0.5, 0.6) is 5.75 Å². The van der Waals surface area contributed by atoms with Gasteiger partial charge in [-0.2, -0.15) is 0 Å². The summed E-state index contributed by atoms with van der Waals surface area (Å²) in [6.45, 7) is 6.06. The Labute approximate surface area is 156 Å². The zero-order valence-electron chi connectivity index (χ0n) is 15.5. The lowest BCUT2D eigenvalue weighted by atomic mass is 10.1. The van der Waals surface area contributed by atoms with E-state index in [1.807, 2.05) is 13.8 Å². The van der Waals surface area contributed by atoms with Crippen LogP contribution < -0.4 is 4.74 Å². The Hall–Kier alpha value is -3.02. The van der Waals surface area contributed by atoms with Crippen LogP contribution >= 0.6 is 0 Å². The van der Waals surface area contributed by atoms with Crippen molar-refractivity contribution in [3.63, 3.8) is 0 Å². The Morgan fingerprint density at radius 2 is 1.74 bits per heavy atom. The van der Waals surface area contributed by atoms with Crippen LogP contribution in [0.15, 0.2) is 48.7 Å². The predicted molar refractivity (Wildman–Crippen MR) is 99.7 cm³/mol. The van der Waals surface area contributed by atoms with Crippen LogP contribution in [0.3, 0.4) is 0 Å². The molecule has 1 heterocycles. The highest BCUT2D eigenvalue weighted by Crippen LogP contribution is 2.21. The largest absolute Gasteiger partial charge is 0.489 e. The first-order valence-electron chi connectivity index (χ1n) is 8.70. The first-order valence-corrected chi connectivity index (χ1v) is 8.70. The van der Waals surface area contributed by atoms with E-state index in [0.717, 1.165) is 11.5 Å². The van der Waals surface area contributed by atoms with E-state index < -0.39 is 17.6 Å². The molecule has 0 fully saturated rings. The van der Waals surface area contributed by atoms with Crippen LogP contribution in [-0.4, -0.2) is 17.6 Å². The number of ether oxygens (including phenoxy) is 2. The van der Waals surface area contributed by atoms with Gasteiger partial charge in [-0.1, -0.05) is 13.8 Å². The Bertz CT molecular complexity index is 908. The van der Waals surface area contributed by atoms with Crippen LogP contribution in [0, 0.1) is 11.6 Å². The van der Waals surface area contributed by atoms with E-state index in [4.69, 9.17) is 9.47 Å². The third-order valence-electron chi connectivity index (χ3n) is 3.49. The maximum atomic E-state index is 13.2. The molecule has 0 saturated carbocycles. The summed E-state index contributed by atoms with van der Waals surface area (Å²) in [7, 11) is 0. The summed E-state index contributed by atoms with van der Waals surface area (Å²) in [5.41, 5.74) is 1.40. The van der Waals surface area contributed by atoms with Crippen LogP contribution in [0.1, 0.15) is 36.7 Å². The molecule has 1 aromatic heterocycles. The molecule has 6 heteroatoms. The van der Waals surface area contributed by atoms with Crippen LogP contribution in [-0.2, 0) is 11.3 Å². The number of halogens is 2. The Kier molecular flexibility index (Phi) is 7.23.